The van der Waals surface area contributed by atoms with Crippen molar-refractivity contribution in [2.24, 2.45) is 0 Å². The third kappa shape index (κ3) is 3.88. The van der Waals surface area contributed by atoms with Crippen LogP contribution in [0.1, 0.15) is 5.56 Å². The molecule has 1 N–H and O–H groups in total. The van der Waals surface area contributed by atoms with E-state index < -0.39 is 10.8 Å². The van der Waals surface area contributed by atoms with Crippen LogP contribution in [0.3, 0.4) is 0 Å². The number of nitrogens with zero attached hydrogens (tertiary/aromatic N) is 2. The molecule has 0 aliphatic rings. The second-order valence-electron chi connectivity index (χ2n) is 5.03. The molecule has 0 saturated heterocycles. The molecule has 1 heterocycles. The molecule has 1 unspecified atom stereocenters. The number of benzene rings is 2. The summed E-state index contributed by atoms with van der Waals surface area (Å²) in [5.41, 5.74) is 2.54. The Kier molecular flexibility index (Phi) is 4.94. The zero-order valence-electron chi connectivity index (χ0n) is 12.2. The lowest BCUT2D eigenvalue weighted by atomic mass is 10.2. The molecule has 7 heteroatoms. The van der Waals surface area contributed by atoms with Gasteiger partial charge >= 0.3 is 0 Å². The average molecular weight is 411 g/mol. The van der Waals surface area contributed by atoms with Gasteiger partial charge in [0.15, 0.2) is 0 Å². The zero-order valence-corrected chi connectivity index (χ0v) is 15.4. The molecule has 3 rings (SSSR count). The number of aromatic nitrogens is 2. The Morgan fingerprint density at radius 3 is 2.83 bits per heavy atom. The SMILES string of the molecule is CS(=O)Cc1cc(Nc2ncnc3ccc(Br)cc23)ccc1Cl. The van der Waals surface area contributed by atoms with Gasteiger partial charge in [0, 0.05) is 43.4 Å². The maximum absolute atomic E-state index is 11.5. The fourth-order valence-electron chi connectivity index (χ4n) is 2.25. The van der Waals surface area contributed by atoms with Crippen molar-refractivity contribution >= 4 is 60.7 Å². The fourth-order valence-corrected chi connectivity index (χ4v) is 3.55. The monoisotopic (exact) mass is 409 g/mol. The summed E-state index contributed by atoms with van der Waals surface area (Å²) in [5, 5.41) is 4.81. The molecule has 118 valence electrons. The molecule has 0 aliphatic carbocycles. The minimum absolute atomic E-state index is 0.421. The van der Waals surface area contributed by atoms with Crippen molar-refractivity contribution in [1.29, 1.82) is 0 Å². The smallest absolute Gasteiger partial charge is 0.141 e. The maximum atomic E-state index is 11.5. The van der Waals surface area contributed by atoms with E-state index in [9.17, 15) is 4.21 Å². The lowest BCUT2D eigenvalue weighted by molar-refractivity contribution is 0.686. The molecule has 1 atom stereocenters. The van der Waals surface area contributed by atoms with Crippen LogP contribution in [0.25, 0.3) is 10.9 Å². The summed E-state index contributed by atoms with van der Waals surface area (Å²) in [7, 11) is -0.951. The van der Waals surface area contributed by atoms with E-state index in [4.69, 9.17) is 11.6 Å². The zero-order chi connectivity index (χ0) is 16.4. The van der Waals surface area contributed by atoms with Crippen molar-refractivity contribution < 1.29 is 4.21 Å². The summed E-state index contributed by atoms with van der Waals surface area (Å²) in [6.07, 6.45) is 3.18. The Balaban J connectivity index is 1.99. The molecule has 1 aromatic heterocycles. The quantitative estimate of drug-likeness (QED) is 0.679. The van der Waals surface area contributed by atoms with Crippen LogP contribution in [0.15, 0.2) is 47.2 Å². The number of halogens is 2. The molecule has 0 spiro atoms. The van der Waals surface area contributed by atoms with Crippen molar-refractivity contribution in [3.05, 3.63) is 57.8 Å². The van der Waals surface area contributed by atoms with Crippen LogP contribution >= 0.6 is 27.5 Å². The van der Waals surface area contributed by atoms with Gasteiger partial charge in [0.05, 0.1) is 5.52 Å². The number of hydrogen-bond donors (Lipinski definition) is 1. The van der Waals surface area contributed by atoms with Gasteiger partial charge < -0.3 is 5.32 Å². The van der Waals surface area contributed by atoms with Gasteiger partial charge in [-0.15, -0.1) is 0 Å². The molecule has 0 radical (unpaired) electrons. The first kappa shape index (κ1) is 16.4. The van der Waals surface area contributed by atoms with Gasteiger partial charge in [-0.25, -0.2) is 9.97 Å². The summed E-state index contributed by atoms with van der Waals surface area (Å²) < 4.78 is 12.4. The van der Waals surface area contributed by atoms with E-state index in [1.54, 1.807) is 12.3 Å². The first-order valence-electron chi connectivity index (χ1n) is 6.78. The Labute approximate surface area is 149 Å². The van der Waals surface area contributed by atoms with Gasteiger partial charge in [-0.3, -0.25) is 4.21 Å². The molecular weight excluding hydrogens is 398 g/mol. The molecule has 0 aliphatic heterocycles. The van der Waals surface area contributed by atoms with Crippen molar-refractivity contribution in [2.45, 2.75) is 5.75 Å². The van der Waals surface area contributed by atoms with E-state index in [0.29, 0.717) is 16.6 Å². The predicted molar refractivity (Wildman–Crippen MR) is 99.7 cm³/mol. The van der Waals surface area contributed by atoms with Crippen LogP contribution in [0.5, 0.6) is 0 Å². The number of hydrogen-bond acceptors (Lipinski definition) is 4. The number of anilines is 2. The van der Waals surface area contributed by atoms with Gasteiger partial charge in [-0.2, -0.15) is 0 Å². The number of rotatable bonds is 4. The normalized spacial score (nSPS) is 12.3. The van der Waals surface area contributed by atoms with Crippen LogP contribution in [0, 0.1) is 0 Å². The Morgan fingerprint density at radius 1 is 1.22 bits per heavy atom. The minimum Gasteiger partial charge on any atom is -0.340 e. The molecule has 4 nitrogen and oxygen atoms in total. The highest BCUT2D eigenvalue weighted by Gasteiger charge is 2.08. The Hall–Kier alpha value is -1.50. The van der Waals surface area contributed by atoms with Crippen molar-refractivity contribution in [3.8, 4) is 0 Å². The van der Waals surface area contributed by atoms with E-state index in [1.807, 2.05) is 30.3 Å². The highest BCUT2D eigenvalue weighted by molar-refractivity contribution is 9.10. The van der Waals surface area contributed by atoms with Crippen molar-refractivity contribution in [3.63, 3.8) is 0 Å². The van der Waals surface area contributed by atoms with Gasteiger partial charge in [0.25, 0.3) is 0 Å². The standard InChI is InChI=1S/C16H13BrClN3OS/c1-23(22)8-10-6-12(3-4-14(10)18)21-16-13-7-11(17)2-5-15(13)19-9-20-16/h2-7,9H,8H2,1H3,(H,19,20,21). The molecule has 0 bridgehead atoms. The summed E-state index contributed by atoms with van der Waals surface area (Å²) in [6, 6.07) is 11.4. The first-order valence-corrected chi connectivity index (χ1v) is 9.68. The maximum Gasteiger partial charge on any atom is 0.141 e. The molecule has 2 aromatic carbocycles. The van der Waals surface area contributed by atoms with Crippen LogP contribution in [0.2, 0.25) is 5.02 Å². The summed E-state index contributed by atoms with van der Waals surface area (Å²) in [4.78, 5) is 8.58. The van der Waals surface area contributed by atoms with E-state index in [2.05, 4.69) is 31.2 Å². The minimum atomic E-state index is -0.951. The highest BCUT2D eigenvalue weighted by atomic mass is 79.9. The topological polar surface area (TPSA) is 54.9 Å². The van der Waals surface area contributed by atoms with Gasteiger partial charge in [-0.05, 0) is 42.0 Å². The number of nitrogens with one attached hydrogen (secondary N) is 1. The largest absolute Gasteiger partial charge is 0.340 e. The molecule has 0 saturated carbocycles. The second kappa shape index (κ2) is 6.95. The molecule has 23 heavy (non-hydrogen) atoms. The predicted octanol–water partition coefficient (Wildman–Crippen LogP) is 4.67. The fraction of sp³-hybridized carbons (Fsp3) is 0.125. The summed E-state index contributed by atoms with van der Waals surface area (Å²) in [6.45, 7) is 0. The number of fused-ring (bicyclic) bond motifs is 1. The lowest BCUT2D eigenvalue weighted by Gasteiger charge is -2.11. The summed E-state index contributed by atoms with van der Waals surface area (Å²) in [5.74, 6) is 1.13. The van der Waals surface area contributed by atoms with E-state index in [0.717, 1.165) is 26.6 Å². The third-order valence-electron chi connectivity index (χ3n) is 3.26. The Morgan fingerprint density at radius 2 is 2.04 bits per heavy atom. The van der Waals surface area contributed by atoms with E-state index >= 15 is 0 Å². The second-order valence-corrected chi connectivity index (χ2v) is 7.79. The molecular formula is C16H13BrClN3OS. The molecule has 0 fully saturated rings. The van der Waals surface area contributed by atoms with E-state index in [1.165, 1.54) is 6.33 Å². The van der Waals surface area contributed by atoms with Crippen molar-refractivity contribution in [2.75, 3.05) is 11.6 Å². The van der Waals surface area contributed by atoms with Crippen LogP contribution < -0.4 is 5.32 Å². The van der Waals surface area contributed by atoms with Crippen LogP contribution in [0.4, 0.5) is 11.5 Å². The molecule has 3 aromatic rings. The lowest BCUT2D eigenvalue weighted by Crippen LogP contribution is -1.98. The van der Waals surface area contributed by atoms with Crippen LogP contribution in [-0.4, -0.2) is 20.4 Å². The highest BCUT2D eigenvalue weighted by Crippen LogP contribution is 2.28. The molecule has 0 amide bonds. The first-order chi connectivity index (χ1) is 11.0. The van der Waals surface area contributed by atoms with Gasteiger partial charge in [0.1, 0.15) is 12.1 Å². The Bertz CT molecular complexity index is 904. The summed E-state index contributed by atoms with van der Waals surface area (Å²) >= 11 is 9.63. The van der Waals surface area contributed by atoms with Gasteiger partial charge in [-0.1, -0.05) is 27.5 Å². The third-order valence-corrected chi connectivity index (χ3v) is 4.84. The van der Waals surface area contributed by atoms with Crippen LogP contribution in [-0.2, 0) is 16.6 Å². The van der Waals surface area contributed by atoms with Gasteiger partial charge in [0.2, 0.25) is 0 Å². The van der Waals surface area contributed by atoms with E-state index in [-0.39, 0.29) is 0 Å². The average Bonchev–Trinajstić information content (AvgIpc) is 2.51. The van der Waals surface area contributed by atoms with Crippen molar-refractivity contribution in [1.82, 2.24) is 9.97 Å².